The summed E-state index contributed by atoms with van der Waals surface area (Å²) in [4.78, 5) is 21.3. The van der Waals surface area contributed by atoms with Crippen LogP contribution >= 0.6 is 0 Å². The Balaban J connectivity index is 0.000000234. The lowest BCUT2D eigenvalue weighted by molar-refractivity contribution is -0.132. The zero-order chi connectivity index (χ0) is 21.1. The fourth-order valence-corrected chi connectivity index (χ4v) is 2.25. The molecule has 0 saturated heterocycles. The van der Waals surface area contributed by atoms with Gasteiger partial charge in [-0.2, -0.15) is 0 Å². The molecule has 0 saturated carbocycles. The minimum atomic E-state index is -0.393. The highest BCUT2D eigenvalue weighted by Crippen LogP contribution is 2.20. The Morgan fingerprint density at radius 1 is 0.724 bits per heavy atom. The normalized spacial score (nSPS) is 9.59. The van der Waals surface area contributed by atoms with Crippen LogP contribution in [0.4, 0.5) is 0 Å². The van der Waals surface area contributed by atoms with Crippen molar-refractivity contribution in [3.63, 3.8) is 0 Å². The molecule has 0 fully saturated rings. The van der Waals surface area contributed by atoms with E-state index in [9.17, 15) is 9.59 Å². The van der Waals surface area contributed by atoms with E-state index in [-0.39, 0.29) is 11.7 Å². The highest BCUT2D eigenvalue weighted by atomic mass is 16.5. The van der Waals surface area contributed by atoms with Crippen LogP contribution in [0.25, 0.3) is 0 Å². The van der Waals surface area contributed by atoms with E-state index in [0.29, 0.717) is 23.9 Å². The van der Waals surface area contributed by atoms with Crippen molar-refractivity contribution in [2.45, 2.75) is 20.5 Å². The van der Waals surface area contributed by atoms with E-state index < -0.39 is 5.97 Å². The van der Waals surface area contributed by atoms with Gasteiger partial charge >= 0.3 is 11.9 Å². The summed E-state index contributed by atoms with van der Waals surface area (Å²) in [6.07, 6.45) is 0. The summed E-state index contributed by atoms with van der Waals surface area (Å²) in [5.74, 6) is 0.887. The number of phenolic OH excluding ortho intramolecular Hbond substituents is 1. The molecule has 3 aromatic carbocycles. The van der Waals surface area contributed by atoms with Crippen LogP contribution in [-0.4, -0.2) is 17.0 Å². The molecule has 0 aliphatic carbocycles. The van der Waals surface area contributed by atoms with Gasteiger partial charge in [0, 0.05) is 26.0 Å². The molecule has 0 heterocycles. The second-order valence-corrected chi connectivity index (χ2v) is 5.93. The lowest BCUT2D eigenvalue weighted by Crippen LogP contribution is -2.01. The van der Waals surface area contributed by atoms with Crippen molar-refractivity contribution in [3.05, 3.63) is 84.4 Å². The molecule has 6 nitrogen and oxygen atoms in total. The fourth-order valence-electron chi connectivity index (χ4n) is 2.25. The Labute approximate surface area is 169 Å². The second-order valence-electron chi connectivity index (χ2n) is 5.93. The quantitative estimate of drug-likeness (QED) is 0.507. The van der Waals surface area contributed by atoms with Crippen LogP contribution in [0, 0.1) is 0 Å². The van der Waals surface area contributed by atoms with Gasteiger partial charge in [-0.05, 0) is 29.8 Å². The van der Waals surface area contributed by atoms with Gasteiger partial charge in [0.1, 0.15) is 29.6 Å². The fraction of sp³-hybridized carbons (Fsp3) is 0.130. The standard InChI is InChI=1S/C15H14O3.C8H8O3/c1-12(16)18-15-9-5-8-14(10-15)17-11-13-6-3-2-4-7-13;1-6(9)11-8-4-2-3-7(10)5-8/h2-10H,11H2,1H3;2-5,10H,1H3. The number of aromatic hydroxyl groups is 1. The second kappa shape index (κ2) is 11.1. The van der Waals surface area contributed by atoms with E-state index in [1.165, 1.54) is 26.0 Å². The molecule has 1 N–H and O–H groups in total. The zero-order valence-electron chi connectivity index (χ0n) is 16.2. The summed E-state index contributed by atoms with van der Waals surface area (Å²) in [5.41, 5.74) is 1.09. The number of rotatable bonds is 5. The molecule has 3 aromatic rings. The molecular formula is C23H22O6. The molecule has 6 heteroatoms. The van der Waals surface area contributed by atoms with Crippen molar-refractivity contribution in [2.75, 3.05) is 0 Å². The first kappa shape index (κ1) is 21.5. The van der Waals surface area contributed by atoms with Crippen LogP contribution in [0.5, 0.6) is 23.0 Å². The van der Waals surface area contributed by atoms with E-state index in [1.807, 2.05) is 36.4 Å². The van der Waals surface area contributed by atoms with Gasteiger partial charge in [-0.15, -0.1) is 0 Å². The summed E-state index contributed by atoms with van der Waals surface area (Å²) in [6.45, 7) is 3.17. The van der Waals surface area contributed by atoms with Gasteiger partial charge in [-0.3, -0.25) is 9.59 Å². The SMILES string of the molecule is CC(=O)Oc1cccc(O)c1.CC(=O)Oc1cccc(OCc2ccccc2)c1. The highest BCUT2D eigenvalue weighted by Gasteiger charge is 2.01. The highest BCUT2D eigenvalue weighted by molar-refractivity contribution is 5.69. The molecule has 29 heavy (non-hydrogen) atoms. The molecule has 0 aromatic heterocycles. The molecule has 0 atom stereocenters. The number of benzene rings is 3. The number of carbonyl (C=O) groups excluding carboxylic acids is 2. The Bertz CT molecular complexity index is 937. The molecular weight excluding hydrogens is 372 g/mol. The summed E-state index contributed by atoms with van der Waals surface area (Å²) < 4.78 is 15.3. The summed E-state index contributed by atoms with van der Waals surface area (Å²) in [5, 5.41) is 8.93. The van der Waals surface area contributed by atoms with Crippen LogP contribution < -0.4 is 14.2 Å². The number of hydrogen-bond donors (Lipinski definition) is 1. The lowest BCUT2D eigenvalue weighted by atomic mass is 10.2. The average Bonchev–Trinajstić information content (AvgIpc) is 2.67. The van der Waals surface area contributed by atoms with Crippen molar-refractivity contribution >= 4 is 11.9 Å². The molecule has 0 spiro atoms. The number of hydrogen-bond acceptors (Lipinski definition) is 6. The van der Waals surface area contributed by atoms with Crippen molar-refractivity contribution in [1.29, 1.82) is 0 Å². The number of carbonyl (C=O) groups is 2. The molecule has 150 valence electrons. The third kappa shape index (κ3) is 8.62. The van der Waals surface area contributed by atoms with Gasteiger partial charge in [-0.1, -0.05) is 42.5 Å². The number of phenols is 1. The lowest BCUT2D eigenvalue weighted by Gasteiger charge is -2.07. The summed E-state index contributed by atoms with van der Waals surface area (Å²) >= 11 is 0. The Kier molecular flexibility index (Phi) is 8.26. The minimum absolute atomic E-state index is 0.0868. The minimum Gasteiger partial charge on any atom is -0.508 e. The van der Waals surface area contributed by atoms with E-state index in [0.717, 1.165) is 5.56 Å². The zero-order valence-corrected chi connectivity index (χ0v) is 16.2. The smallest absolute Gasteiger partial charge is 0.308 e. The first-order valence-corrected chi connectivity index (χ1v) is 8.85. The first-order chi connectivity index (χ1) is 13.9. The van der Waals surface area contributed by atoms with Crippen LogP contribution in [0.15, 0.2) is 78.9 Å². The molecule has 0 amide bonds. The van der Waals surface area contributed by atoms with Crippen molar-refractivity contribution in [1.82, 2.24) is 0 Å². The maximum absolute atomic E-state index is 10.8. The van der Waals surface area contributed by atoms with E-state index in [4.69, 9.17) is 19.3 Å². The average molecular weight is 394 g/mol. The molecule has 0 bridgehead atoms. The van der Waals surface area contributed by atoms with Crippen LogP contribution in [0.2, 0.25) is 0 Å². The monoisotopic (exact) mass is 394 g/mol. The van der Waals surface area contributed by atoms with Crippen molar-refractivity contribution in [3.8, 4) is 23.0 Å². The van der Waals surface area contributed by atoms with Gasteiger partial charge in [0.25, 0.3) is 0 Å². The predicted octanol–water partition coefficient (Wildman–Crippen LogP) is 4.51. The van der Waals surface area contributed by atoms with Gasteiger partial charge in [0.2, 0.25) is 0 Å². The number of ether oxygens (including phenoxy) is 3. The van der Waals surface area contributed by atoms with E-state index >= 15 is 0 Å². The predicted molar refractivity (Wildman–Crippen MR) is 108 cm³/mol. The Morgan fingerprint density at radius 3 is 1.86 bits per heavy atom. The third-order valence-electron chi connectivity index (χ3n) is 3.39. The van der Waals surface area contributed by atoms with E-state index in [2.05, 4.69) is 0 Å². The van der Waals surface area contributed by atoms with Gasteiger partial charge in [-0.25, -0.2) is 0 Å². The summed E-state index contributed by atoms with van der Waals surface area (Å²) in [6, 6.07) is 23.0. The van der Waals surface area contributed by atoms with Gasteiger partial charge in [0.15, 0.2) is 0 Å². The van der Waals surface area contributed by atoms with Gasteiger partial charge < -0.3 is 19.3 Å². The third-order valence-corrected chi connectivity index (χ3v) is 3.39. The maximum atomic E-state index is 10.8. The maximum Gasteiger partial charge on any atom is 0.308 e. The van der Waals surface area contributed by atoms with E-state index in [1.54, 1.807) is 30.3 Å². The van der Waals surface area contributed by atoms with Crippen molar-refractivity contribution in [2.24, 2.45) is 0 Å². The van der Waals surface area contributed by atoms with Crippen molar-refractivity contribution < 1.29 is 28.9 Å². The van der Waals surface area contributed by atoms with Crippen LogP contribution in [0.1, 0.15) is 19.4 Å². The molecule has 3 rings (SSSR count). The summed E-state index contributed by atoms with van der Waals surface area (Å²) in [7, 11) is 0. The molecule has 0 radical (unpaired) electrons. The molecule has 0 unspecified atom stereocenters. The molecule has 0 aliphatic heterocycles. The van der Waals surface area contributed by atoms with Crippen LogP contribution in [-0.2, 0) is 16.2 Å². The topological polar surface area (TPSA) is 82.1 Å². The number of esters is 2. The largest absolute Gasteiger partial charge is 0.508 e. The Hall–Kier alpha value is -3.80. The first-order valence-electron chi connectivity index (χ1n) is 8.85. The van der Waals surface area contributed by atoms with Gasteiger partial charge in [0.05, 0.1) is 0 Å². The van der Waals surface area contributed by atoms with Crippen LogP contribution in [0.3, 0.4) is 0 Å². The Morgan fingerprint density at radius 2 is 1.28 bits per heavy atom. The molecule has 0 aliphatic rings.